The van der Waals surface area contributed by atoms with Crippen LogP contribution in [0, 0.1) is 0 Å². The number of phenols is 1. The van der Waals surface area contributed by atoms with Crippen LogP contribution in [0.25, 0.3) is 0 Å². The van der Waals surface area contributed by atoms with Crippen LogP contribution < -0.4 is 0 Å². The maximum atomic E-state index is 12.2. The van der Waals surface area contributed by atoms with Crippen molar-refractivity contribution in [2.75, 3.05) is 18.7 Å². The van der Waals surface area contributed by atoms with Gasteiger partial charge >= 0.3 is 7.60 Å². The molecule has 19 heavy (non-hydrogen) atoms. The molecule has 0 amide bonds. The molecule has 0 radical (unpaired) electrons. The predicted molar refractivity (Wildman–Crippen MR) is 71.0 cm³/mol. The monoisotopic (exact) mass is 308 g/mol. The maximum absolute atomic E-state index is 12.2. The van der Waals surface area contributed by atoms with Gasteiger partial charge in [0.05, 0.1) is 18.1 Å². The van der Waals surface area contributed by atoms with E-state index >= 15 is 0 Å². The van der Waals surface area contributed by atoms with Crippen LogP contribution in [0.15, 0.2) is 29.2 Å². The Balaban J connectivity index is 3.00. The molecule has 0 aromatic heterocycles. The van der Waals surface area contributed by atoms with E-state index in [0.29, 0.717) is 0 Å². The van der Waals surface area contributed by atoms with E-state index in [9.17, 15) is 13.0 Å². The maximum Gasteiger partial charge on any atom is 0.346 e. The second kappa shape index (κ2) is 6.52. The van der Waals surface area contributed by atoms with Crippen LogP contribution in [-0.2, 0) is 23.4 Å². The molecule has 1 aromatic rings. The fraction of sp³-hybridized carbons (Fsp3) is 0.455. The third kappa shape index (κ3) is 4.62. The second-order valence-corrected chi connectivity index (χ2v) is 8.16. The summed E-state index contributed by atoms with van der Waals surface area (Å²) in [6.45, 7) is 3.42. The minimum absolute atomic E-state index is 0.0371. The Bertz CT molecular complexity index is 541. The molecule has 0 aliphatic heterocycles. The Hall–Kier alpha value is -0.880. The van der Waals surface area contributed by atoms with E-state index < -0.39 is 22.9 Å². The van der Waals surface area contributed by atoms with Gasteiger partial charge in [-0.2, -0.15) is 0 Å². The molecule has 1 aromatic carbocycles. The van der Waals surface area contributed by atoms with Gasteiger partial charge in [-0.15, -0.1) is 0 Å². The fourth-order valence-corrected chi connectivity index (χ4v) is 5.71. The Morgan fingerprint density at radius 2 is 1.58 bits per heavy atom. The average Bonchev–Trinajstić information content (AvgIpc) is 2.28. The standard InChI is InChI=1S/C11H17O6PS/c1-3-16-18(13,17-4-2)9-19(14,15)11-7-5-10(12)6-8-11/h5-8,12H,3-4,9H2,1-2H3. The first-order valence-corrected chi connectivity index (χ1v) is 9.11. The highest BCUT2D eigenvalue weighted by Gasteiger charge is 2.32. The number of hydrogen-bond acceptors (Lipinski definition) is 6. The van der Waals surface area contributed by atoms with Crippen molar-refractivity contribution < 1.29 is 27.1 Å². The molecule has 108 valence electrons. The summed E-state index contributed by atoms with van der Waals surface area (Å²) in [4.78, 5) is -0.0371. The number of sulfone groups is 1. The predicted octanol–water partition coefficient (Wildman–Crippen LogP) is 2.39. The number of aromatic hydroxyl groups is 1. The second-order valence-electron chi connectivity index (χ2n) is 3.68. The van der Waals surface area contributed by atoms with E-state index in [1.807, 2.05) is 0 Å². The summed E-state index contributed by atoms with van der Waals surface area (Å²) in [5.74, 6) is -0.0447. The Labute approximate surface area is 112 Å². The molecule has 0 saturated heterocycles. The van der Waals surface area contributed by atoms with Crippen molar-refractivity contribution in [3.63, 3.8) is 0 Å². The van der Waals surface area contributed by atoms with Gasteiger partial charge in [-0.05, 0) is 38.1 Å². The lowest BCUT2D eigenvalue weighted by Crippen LogP contribution is -2.11. The highest BCUT2D eigenvalue weighted by atomic mass is 32.2. The van der Waals surface area contributed by atoms with Crippen molar-refractivity contribution in [1.82, 2.24) is 0 Å². The van der Waals surface area contributed by atoms with E-state index in [-0.39, 0.29) is 23.9 Å². The van der Waals surface area contributed by atoms with Gasteiger partial charge < -0.3 is 14.2 Å². The fourth-order valence-electron chi connectivity index (χ4n) is 1.44. The summed E-state index contributed by atoms with van der Waals surface area (Å²) >= 11 is 0. The molecule has 0 bridgehead atoms. The lowest BCUT2D eigenvalue weighted by molar-refractivity contribution is 0.224. The van der Waals surface area contributed by atoms with Crippen LogP contribution in [0.3, 0.4) is 0 Å². The zero-order valence-corrected chi connectivity index (χ0v) is 12.5. The lowest BCUT2D eigenvalue weighted by atomic mass is 10.3. The number of hydrogen-bond donors (Lipinski definition) is 1. The molecular formula is C11H17O6PS. The molecule has 0 spiro atoms. The molecule has 8 heteroatoms. The summed E-state index contributed by atoms with van der Waals surface area (Å²) in [5, 5.41) is 9.12. The first-order chi connectivity index (χ1) is 8.83. The average molecular weight is 308 g/mol. The van der Waals surface area contributed by atoms with Gasteiger partial charge in [0.2, 0.25) is 0 Å². The normalized spacial score (nSPS) is 12.5. The van der Waals surface area contributed by atoms with Crippen LogP contribution >= 0.6 is 7.60 Å². The van der Waals surface area contributed by atoms with Gasteiger partial charge in [-0.3, -0.25) is 4.57 Å². The van der Waals surface area contributed by atoms with Gasteiger partial charge in [-0.25, -0.2) is 8.42 Å². The highest BCUT2D eigenvalue weighted by molar-refractivity contribution is 7.97. The molecule has 0 aliphatic rings. The van der Waals surface area contributed by atoms with Crippen molar-refractivity contribution >= 4 is 17.4 Å². The molecule has 0 aliphatic carbocycles. The van der Waals surface area contributed by atoms with Crippen LogP contribution in [0.2, 0.25) is 0 Å². The van der Waals surface area contributed by atoms with E-state index in [4.69, 9.17) is 14.2 Å². The lowest BCUT2D eigenvalue weighted by Gasteiger charge is -2.16. The smallest absolute Gasteiger partial charge is 0.346 e. The summed E-state index contributed by atoms with van der Waals surface area (Å²) < 4.78 is 46.3. The quantitative estimate of drug-likeness (QED) is 0.778. The van der Waals surface area contributed by atoms with Crippen molar-refractivity contribution in [2.45, 2.75) is 18.7 Å². The Morgan fingerprint density at radius 1 is 1.11 bits per heavy atom. The highest BCUT2D eigenvalue weighted by Crippen LogP contribution is 2.50. The van der Waals surface area contributed by atoms with Gasteiger partial charge in [0.1, 0.15) is 5.75 Å². The molecule has 0 unspecified atom stereocenters. The van der Waals surface area contributed by atoms with Crippen LogP contribution in [0.5, 0.6) is 5.75 Å². The molecule has 1 rings (SSSR count). The number of phenolic OH excluding ortho intramolecular Hbond substituents is 1. The van der Waals surface area contributed by atoms with Crippen molar-refractivity contribution in [3.8, 4) is 5.75 Å². The van der Waals surface area contributed by atoms with Gasteiger partial charge in [-0.1, -0.05) is 0 Å². The largest absolute Gasteiger partial charge is 0.508 e. The van der Waals surface area contributed by atoms with Crippen molar-refractivity contribution in [1.29, 1.82) is 0 Å². The number of benzene rings is 1. The van der Waals surface area contributed by atoms with E-state index in [0.717, 1.165) is 0 Å². The van der Waals surface area contributed by atoms with Crippen LogP contribution in [0.4, 0.5) is 0 Å². The number of rotatable bonds is 7. The minimum atomic E-state index is -3.80. The summed E-state index contributed by atoms with van der Waals surface area (Å²) in [6, 6.07) is 4.98. The molecule has 0 fully saturated rings. The molecule has 0 saturated carbocycles. The Morgan fingerprint density at radius 3 is 2.00 bits per heavy atom. The van der Waals surface area contributed by atoms with Gasteiger partial charge in [0.25, 0.3) is 0 Å². The first kappa shape index (κ1) is 16.2. The topological polar surface area (TPSA) is 89.9 Å². The van der Waals surface area contributed by atoms with Crippen molar-refractivity contribution in [2.24, 2.45) is 0 Å². The van der Waals surface area contributed by atoms with Crippen LogP contribution in [0.1, 0.15) is 13.8 Å². The first-order valence-electron chi connectivity index (χ1n) is 5.73. The Kier molecular flexibility index (Phi) is 5.55. The summed E-state index contributed by atoms with van der Waals surface area (Å²) in [5.41, 5.74) is -0.716. The molecule has 1 N–H and O–H groups in total. The summed E-state index contributed by atoms with van der Waals surface area (Å²) in [6.07, 6.45) is 0. The van der Waals surface area contributed by atoms with Crippen molar-refractivity contribution in [3.05, 3.63) is 24.3 Å². The van der Waals surface area contributed by atoms with Crippen LogP contribution in [-0.4, -0.2) is 32.2 Å². The third-order valence-electron chi connectivity index (χ3n) is 2.18. The van der Waals surface area contributed by atoms with E-state index in [1.54, 1.807) is 13.8 Å². The minimum Gasteiger partial charge on any atom is -0.508 e. The molecule has 0 heterocycles. The molecular weight excluding hydrogens is 291 g/mol. The SMILES string of the molecule is CCOP(=O)(CS(=O)(=O)c1ccc(O)cc1)OCC. The van der Waals surface area contributed by atoms with E-state index in [2.05, 4.69) is 0 Å². The van der Waals surface area contributed by atoms with Gasteiger partial charge in [0, 0.05) is 0 Å². The molecule has 0 atom stereocenters. The third-order valence-corrected chi connectivity index (χ3v) is 7.09. The summed E-state index contributed by atoms with van der Waals surface area (Å²) in [7, 11) is -7.47. The molecule has 6 nitrogen and oxygen atoms in total. The van der Waals surface area contributed by atoms with E-state index in [1.165, 1.54) is 24.3 Å². The zero-order valence-electron chi connectivity index (χ0n) is 10.8. The zero-order chi connectivity index (χ0) is 14.5. The van der Waals surface area contributed by atoms with Gasteiger partial charge in [0.15, 0.2) is 15.3 Å².